The quantitative estimate of drug-likeness (QED) is 0.114. The van der Waals surface area contributed by atoms with Crippen LogP contribution in [-0.2, 0) is 10.5 Å². The molecule has 0 aliphatic carbocycles. The Hall–Kier alpha value is -4.12. The standard InChI is InChI=1S/C30H23ClN4O4S2/c1-34(2)21-13-9-18(10-14-21)25-24(26(36)23-15-19-5-3-4-6-22(19)39-23)27(37)28(38)35(25)29-32-33-30(41-29)40-16-17-7-11-20(31)12-8-17/h3-15,25,37H,16H2,1-2H3. The second kappa shape index (κ2) is 11.0. The number of aromatic nitrogens is 2. The van der Waals surface area contributed by atoms with Gasteiger partial charge in [-0.1, -0.05) is 77.2 Å². The molecule has 2 aromatic heterocycles. The molecule has 1 aliphatic rings. The maximum absolute atomic E-state index is 13.9. The number of rotatable bonds is 8. The van der Waals surface area contributed by atoms with Crippen molar-refractivity contribution in [1.29, 1.82) is 0 Å². The molecule has 0 radical (unpaired) electrons. The summed E-state index contributed by atoms with van der Waals surface area (Å²) < 4.78 is 6.46. The van der Waals surface area contributed by atoms with E-state index in [1.807, 2.05) is 85.7 Å². The van der Waals surface area contributed by atoms with Gasteiger partial charge in [-0.15, -0.1) is 10.2 Å². The van der Waals surface area contributed by atoms with Crippen LogP contribution in [0.4, 0.5) is 10.8 Å². The lowest BCUT2D eigenvalue weighted by Crippen LogP contribution is -2.31. The van der Waals surface area contributed by atoms with E-state index in [1.54, 1.807) is 12.1 Å². The summed E-state index contributed by atoms with van der Waals surface area (Å²) >= 11 is 8.68. The molecule has 1 aliphatic heterocycles. The molecule has 1 amide bonds. The van der Waals surface area contributed by atoms with Crippen LogP contribution in [0.3, 0.4) is 0 Å². The Morgan fingerprint density at radius 2 is 1.80 bits per heavy atom. The van der Waals surface area contributed by atoms with Crippen molar-refractivity contribution < 1.29 is 19.1 Å². The molecule has 1 atom stereocenters. The van der Waals surface area contributed by atoms with Gasteiger partial charge in [0.1, 0.15) is 5.58 Å². The van der Waals surface area contributed by atoms with Crippen LogP contribution in [0.25, 0.3) is 11.0 Å². The largest absolute Gasteiger partial charge is 0.503 e. The molecule has 0 fully saturated rings. The van der Waals surface area contributed by atoms with E-state index < -0.39 is 23.5 Å². The van der Waals surface area contributed by atoms with E-state index in [2.05, 4.69) is 10.2 Å². The first-order valence-electron chi connectivity index (χ1n) is 12.6. The number of para-hydroxylation sites is 1. The molecule has 0 spiro atoms. The maximum atomic E-state index is 13.9. The molecule has 6 rings (SSSR count). The fraction of sp³-hybridized carbons (Fsp3) is 0.133. The molecule has 206 valence electrons. The van der Waals surface area contributed by atoms with Crippen molar-refractivity contribution in [2.75, 3.05) is 23.9 Å². The van der Waals surface area contributed by atoms with Crippen LogP contribution in [0.1, 0.15) is 27.7 Å². The van der Waals surface area contributed by atoms with E-state index in [0.717, 1.165) is 16.6 Å². The Labute approximate surface area is 248 Å². The van der Waals surface area contributed by atoms with Crippen LogP contribution in [0.2, 0.25) is 5.02 Å². The molecule has 0 bridgehead atoms. The Kier molecular flexibility index (Phi) is 7.29. The molecule has 0 saturated heterocycles. The van der Waals surface area contributed by atoms with E-state index in [1.165, 1.54) is 28.0 Å². The van der Waals surface area contributed by atoms with Gasteiger partial charge in [0.15, 0.2) is 15.9 Å². The number of halogens is 1. The lowest BCUT2D eigenvalue weighted by atomic mass is 9.95. The van der Waals surface area contributed by atoms with Gasteiger partial charge < -0.3 is 14.4 Å². The van der Waals surface area contributed by atoms with Crippen molar-refractivity contribution in [2.45, 2.75) is 16.1 Å². The number of furan rings is 1. The number of benzene rings is 3. The number of ketones is 1. The van der Waals surface area contributed by atoms with Crippen molar-refractivity contribution >= 4 is 68.2 Å². The predicted octanol–water partition coefficient (Wildman–Crippen LogP) is 7.08. The van der Waals surface area contributed by atoms with Gasteiger partial charge in [0.25, 0.3) is 5.91 Å². The monoisotopic (exact) mass is 602 g/mol. The highest BCUT2D eigenvalue weighted by molar-refractivity contribution is 8.00. The number of amides is 1. The fourth-order valence-electron chi connectivity index (χ4n) is 4.62. The summed E-state index contributed by atoms with van der Waals surface area (Å²) in [5.41, 5.74) is 3.11. The number of nitrogens with zero attached hydrogens (tertiary/aromatic N) is 4. The average Bonchev–Trinajstić information content (AvgIpc) is 3.69. The van der Waals surface area contributed by atoms with Gasteiger partial charge in [-0.2, -0.15) is 0 Å². The van der Waals surface area contributed by atoms with Crippen molar-refractivity contribution in [3.05, 3.63) is 112 Å². The lowest BCUT2D eigenvalue weighted by molar-refractivity contribution is -0.117. The number of hydrogen-bond donors (Lipinski definition) is 1. The van der Waals surface area contributed by atoms with Gasteiger partial charge in [0.2, 0.25) is 10.9 Å². The van der Waals surface area contributed by atoms with Gasteiger partial charge in [-0.25, -0.2) is 0 Å². The van der Waals surface area contributed by atoms with Gasteiger partial charge in [-0.05, 0) is 47.5 Å². The molecule has 5 aromatic rings. The summed E-state index contributed by atoms with van der Waals surface area (Å²) in [6, 6.07) is 22.9. The highest BCUT2D eigenvalue weighted by Crippen LogP contribution is 2.44. The summed E-state index contributed by atoms with van der Waals surface area (Å²) in [6.07, 6.45) is 0. The summed E-state index contributed by atoms with van der Waals surface area (Å²) in [5, 5.41) is 21.3. The average molecular weight is 603 g/mol. The summed E-state index contributed by atoms with van der Waals surface area (Å²) in [7, 11) is 3.85. The zero-order valence-corrected chi connectivity index (χ0v) is 24.3. The van der Waals surface area contributed by atoms with Crippen molar-refractivity contribution in [1.82, 2.24) is 10.2 Å². The highest BCUT2D eigenvalue weighted by Gasteiger charge is 2.46. The second-order valence-electron chi connectivity index (χ2n) is 9.57. The fourth-order valence-corrected chi connectivity index (χ4v) is 6.56. The molecule has 3 aromatic carbocycles. The van der Waals surface area contributed by atoms with E-state index in [4.69, 9.17) is 16.0 Å². The van der Waals surface area contributed by atoms with Crippen LogP contribution >= 0.6 is 34.7 Å². The Morgan fingerprint density at radius 3 is 2.51 bits per heavy atom. The van der Waals surface area contributed by atoms with Crippen molar-refractivity contribution in [2.24, 2.45) is 0 Å². The molecule has 1 N–H and O–H groups in total. The number of carbonyl (C=O) groups is 2. The number of carbonyl (C=O) groups excluding carboxylic acids is 2. The normalized spacial score (nSPS) is 15.2. The van der Waals surface area contributed by atoms with Gasteiger partial charge in [-0.3, -0.25) is 14.5 Å². The van der Waals surface area contributed by atoms with Crippen LogP contribution in [0.15, 0.2) is 99.0 Å². The van der Waals surface area contributed by atoms with Crippen molar-refractivity contribution in [3.63, 3.8) is 0 Å². The second-order valence-corrected chi connectivity index (χ2v) is 12.2. The van der Waals surface area contributed by atoms with Gasteiger partial charge in [0.05, 0.1) is 11.6 Å². The minimum absolute atomic E-state index is 0.0359. The van der Waals surface area contributed by atoms with Gasteiger partial charge >= 0.3 is 0 Å². The topological polar surface area (TPSA) is 99.8 Å². The Morgan fingerprint density at radius 1 is 1.07 bits per heavy atom. The maximum Gasteiger partial charge on any atom is 0.296 e. The van der Waals surface area contributed by atoms with Crippen LogP contribution in [0, 0.1) is 0 Å². The highest BCUT2D eigenvalue weighted by atomic mass is 35.5. The third-order valence-corrected chi connectivity index (χ3v) is 9.08. The summed E-state index contributed by atoms with van der Waals surface area (Å²) in [6.45, 7) is 0. The first kappa shape index (κ1) is 27.1. The number of Topliss-reactive ketones (excluding diaryl/α,β-unsaturated/α-hetero) is 1. The number of fused-ring (bicyclic) bond motifs is 1. The van der Waals surface area contributed by atoms with E-state index in [-0.39, 0.29) is 16.5 Å². The third-order valence-electron chi connectivity index (χ3n) is 6.70. The molecule has 11 heteroatoms. The zero-order chi connectivity index (χ0) is 28.7. The molecular formula is C30H23ClN4O4S2. The number of anilines is 2. The SMILES string of the molecule is CN(C)c1ccc(C2C(C(=O)c3cc4ccccc4o3)=C(O)C(=O)N2c2nnc(SCc3ccc(Cl)cc3)s2)cc1. The molecule has 3 heterocycles. The number of thioether (sulfide) groups is 1. The van der Waals surface area contributed by atoms with Crippen molar-refractivity contribution in [3.8, 4) is 0 Å². The lowest BCUT2D eigenvalue weighted by Gasteiger charge is -2.24. The first-order valence-corrected chi connectivity index (χ1v) is 14.8. The molecular weight excluding hydrogens is 580 g/mol. The minimum atomic E-state index is -0.929. The minimum Gasteiger partial charge on any atom is -0.503 e. The molecule has 0 saturated carbocycles. The summed E-state index contributed by atoms with van der Waals surface area (Å²) in [5.74, 6) is -1.26. The van der Waals surface area contributed by atoms with E-state index in [9.17, 15) is 14.7 Å². The molecule has 41 heavy (non-hydrogen) atoms. The van der Waals surface area contributed by atoms with Crippen LogP contribution < -0.4 is 9.80 Å². The molecule has 8 nitrogen and oxygen atoms in total. The zero-order valence-electron chi connectivity index (χ0n) is 21.9. The Balaban J connectivity index is 1.36. The van der Waals surface area contributed by atoms with Gasteiger partial charge in [0, 0.05) is 35.9 Å². The first-order chi connectivity index (χ1) is 19.8. The predicted molar refractivity (Wildman–Crippen MR) is 162 cm³/mol. The smallest absolute Gasteiger partial charge is 0.296 e. The molecule has 1 unspecified atom stereocenters. The van der Waals surface area contributed by atoms with Crippen LogP contribution in [-0.4, -0.2) is 41.1 Å². The number of hydrogen-bond acceptors (Lipinski definition) is 9. The number of aliphatic hydroxyl groups is 1. The van der Waals surface area contributed by atoms with E-state index >= 15 is 0 Å². The third kappa shape index (κ3) is 5.21. The van der Waals surface area contributed by atoms with E-state index in [0.29, 0.717) is 26.3 Å². The Bertz CT molecular complexity index is 1760. The number of aliphatic hydroxyl groups excluding tert-OH is 1. The summed E-state index contributed by atoms with van der Waals surface area (Å²) in [4.78, 5) is 30.7. The van der Waals surface area contributed by atoms with Crippen LogP contribution in [0.5, 0.6) is 0 Å².